The monoisotopic (exact) mass is 432 g/mol. The minimum atomic E-state index is -3.58. The minimum Gasteiger partial charge on any atom is -0.378 e. The number of nitrogens with one attached hydrogen (secondary N) is 2. The summed E-state index contributed by atoms with van der Waals surface area (Å²) in [5.74, 6) is -0.0497. The van der Waals surface area contributed by atoms with Gasteiger partial charge in [0.1, 0.15) is 0 Å². The van der Waals surface area contributed by atoms with E-state index in [1.54, 1.807) is 24.3 Å². The molecule has 0 aliphatic rings. The lowest BCUT2D eigenvalue weighted by Gasteiger charge is -2.12. The van der Waals surface area contributed by atoms with Gasteiger partial charge in [0.15, 0.2) is 5.13 Å². The molecule has 2 aromatic carbocycles. The predicted octanol–water partition coefficient (Wildman–Crippen LogP) is 3.55. The van der Waals surface area contributed by atoms with Gasteiger partial charge in [-0.15, -0.1) is 0 Å². The van der Waals surface area contributed by atoms with Crippen LogP contribution >= 0.6 is 11.3 Å². The quantitative estimate of drug-likeness (QED) is 0.596. The Bertz CT molecular complexity index is 1120. The standard InChI is InChI=1S/C20H24N4O3S2/c1-13(2)12-21-29(26,27)16-9-10-17-18(11-16)28-20(22-17)23-19(25)14-5-7-15(8-6-14)24(3)4/h5-11,13,21H,12H2,1-4H3,(H,22,23,25). The van der Waals surface area contributed by atoms with Crippen LogP contribution in [0.5, 0.6) is 0 Å². The van der Waals surface area contributed by atoms with Gasteiger partial charge in [0.25, 0.3) is 5.91 Å². The summed E-state index contributed by atoms with van der Waals surface area (Å²) in [6, 6.07) is 12.0. The maximum absolute atomic E-state index is 12.5. The fraction of sp³-hybridized carbons (Fsp3) is 0.300. The Hall–Kier alpha value is -2.49. The van der Waals surface area contributed by atoms with E-state index < -0.39 is 10.0 Å². The molecule has 1 heterocycles. The van der Waals surface area contributed by atoms with Crippen molar-refractivity contribution in [3.8, 4) is 0 Å². The Morgan fingerprint density at radius 2 is 1.83 bits per heavy atom. The highest BCUT2D eigenvalue weighted by Crippen LogP contribution is 2.28. The van der Waals surface area contributed by atoms with Crippen molar-refractivity contribution in [1.82, 2.24) is 9.71 Å². The van der Waals surface area contributed by atoms with Gasteiger partial charge in [-0.05, 0) is 48.4 Å². The van der Waals surface area contributed by atoms with Crippen molar-refractivity contribution in [2.75, 3.05) is 30.9 Å². The van der Waals surface area contributed by atoms with E-state index in [4.69, 9.17) is 0 Å². The fourth-order valence-electron chi connectivity index (χ4n) is 2.57. The normalized spacial score (nSPS) is 11.8. The predicted molar refractivity (Wildman–Crippen MR) is 118 cm³/mol. The Kier molecular flexibility index (Phi) is 6.21. The second-order valence-electron chi connectivity index (χ2n) is 7.29. The van der Waals surface area contributed by atoms with Crippen LogP contribution in [-0.2, 0) is 10.0 Å². The van der Waals surface area contributed by atoms with Crippen LogP contribution in [0.15, 0.2) is 47.4 Å². The summed E-state index contributed by atoms with van der Waals surface area (Å²) in [5.41, 5.74) is 2.16. The molecule has 7 nitrogen and oxygen atoms in total. The molecular weight excluding hydrogens is 408 g/mol. The molecule has 0 fully saturated rings. The lowest BCUT2D eigenvalue weighted by Crippen LogP contribution is -2.27. The fourth-order valence-corrected chi connectivity index (χ4v) is 4.78. The van der Waals surface area contributed by atoms with Gasteiger partial charge < -0.3 is 4.90 Å². The zero-order chi connectivity index (χ0) is 21.2. The molecule has 2 N–H and O–H groups in total. The lowest BCUT2D eigenvalue weighted by atomic mass is 10.2. The molecule has 3 rings (SSSR count). The van der Waals surface area contributed by atoms with Crippen molar-refractivity contribution in [2.24, 2.45) is 5.92 Å². The summed E-state index contributed by atoms with van der Waals surface area (Å²) in [4.78, 5) is 19.0. The summed E-state index contributed by atoms with van der Waals surface area (Å²) in [7, 11) is 0.290. The van der Waals surface area contributed by atoms with Gasteiger partial charge in [0.2, 0.25) is 10.0 Å². The number of aromatic nitrogens is 1. The van der Waals surface area contributed by atoms with Crippen LogP contribution in [0.25, 0.3) is 10.2 Å². The number of thiazole rings is 1. The number of hydrogen-bond donors (Lipinski definition) is 2. The first kappa shape index (κ1) is 21.2. The van der Waals surface area contributed by atoms with Crippen molar-refractivity contribution >= 4 is 48.3 Å². The van der Waals surface area contributed by atoms with Gasteiger partial charge >= 0.3 is 0 Å². The van der Waals surface area contributed by atoms with Gasteiger partial charge in [0.05, 0.1) is 15.1 Å². The number of fused-ring (bicyclic) bond motifs is 1. The first-order valence-electron chi connectivity index (χ1n) is 9.15. The molecule has 1 aromatic heterocycles. The Balaban J connectivity index is 1.78. The third kappa shape index (κ3) is 5.11. The number of anilines is 2. The average Bonchev–Trinajstić information content (AvgIpc) is 3.08. The van der Waals surface area contributed by atoms with Crippen molar-refractivity contribution in [2.45, 2.75) is 18.7 Å². The highest BCUT2D eigenvalue weighted by atomic mass is 32.2. The molecule has 9 heteroatoms. The van der Waals surface area contributed by atoms with E-state index >= 15 is 0 Å². The molecule has 0 unspecified atom stereocenters. The summed E-state index contributed by atoms with van der Waals surface area (Å²) in [6.07, 6.45) is 0. The van der Waals surface area contributed by atoms with E-state index in [1.165, 1.54) is 17.4 Å². The average molecular weight is 433 g/mol. The second-order valence-corrected chi connectivity index (χ2v) is 10.1. The highest BCUT2D eigenvalue weighted by Gasteiger charge is 2.17. The van der Waals surface area contributed by atoms with E-state index in [1.807, 2.05) is 45.0 Å². The van der Waals surface area contributed by atoms with E-state index in [0.717, 1.165) is 5.69 Å². The molecule has 0 aliphatic carbocycles. The molecule has 29 heavy (non-hydrogen) atoms. The van der Waals surface area contributed by atoms with Crippen molar-refractivity contribution in [1.29, 1.82) is 0 Å². The Labute approximate surface area is 174 Å². The number of carbonyl (C=O) groups is 1. The number of benzene rings is 2. The number of hydrogen-bond acceptors (Lipinski definition) is 6. The van der Waals surface area contributed by atoms with Crippen molar-refractivity contribution < 1.29 is 13.2 Å². The number of amides is 1. The second kappa shape index (κ2) is 8.48. The number of sulfonamides is 1. The lowest BCUT2D eigenvalue weighted by molar-refractivity contribution is 0.102. The Morgan fingerprint density at radius 3 is 2.45 bits per heavy atom. The summed E-state index contributed by atoms with van der Waals surface area (Å²) >= 11 is 1.24. The van der Waals surface area contributed by atoms with Crippen molar-refractivity contribution in [3.05, 3.63) is 48.0 Å². The number of rotatable bonds is 7. The van der Waals surface area contributed by atoms with Gasteiger partial charge in [-0.3, -0.25) is 10.1 Å². The Morgan fingerprint density at radius 1 is 1.14 bits per heavy atom. The van der Waals surface area contributed by atoms with Crippen LogP contribution in [-0.4, -0.2) is 39.9 Å². The van der Waals surface area contributed by atoms with Gasteiger partial charge in [-0.1, -0.05) is 25.2 Å². The molecule has 154 valence electrons. The van der Waals surface area contributed by atoms with Crippen LogP contribution < -0.4 is 14.9 Å². The third-order valence-corrected chi connectivity index (χ3v) is 6.57. The topological polar surface area (TPSA) is 91.4 Å². The zero-order valence-electron chi connectivity index (χ0n) is 16.8. The minimum absolute atomic E-state index is 0.187. The molecule has 0 aliphatic heterocycles. The largest absolute Gasteiger partial charge is 0.378 e. The molecule has 1 amide bonds. The molecule has 3 aromatic rings. The molecule has 0 radical (unpaired) electrons. The van der Waals surface area contributed by atoms with Gasteiger partial charge in [-0.2, -0.15) is 0 Å². The smallest absolute Gasteiger partial charge is 0.257 e. The van der Waals surface area contributed by atoms with Crippen LogP contribution in [0.1, 0.15) is 24.2 Å². The number of carbonyl (C=O) groups excluding carboxylic acids is 1. The molecule has 0 spiro atoms. The highest BCUT2D eigenvalue weighted by molar-refractivity contribution is 7.89. The van der Waals surface area contributed by atoms with Crippen molar-refractivity contribution in [3.63, 3.8) is 0 Å². The molecule has 0 bridgehead atoms. The summed E-state index contributed by atoms with van der Waals surface area (Å²) < 4.78 is 28.1. The van der Waals surface area contributed by atoms with Crippen LogP contribution in [0, 0.1) is 5.92 Å². The molecule has 0 atom stereocenters. The van der Waals surface area contributed by atoms with Crippen LogP contribution in [0.2, 0.25) is 0 Å². The molecule has 0 saturated heterocycles. The maximum atomic E-state index is 12.5. The maximum Gasteiger partial charge on any atom is 0.257 e. The van der Waals surface area contributed by atoms with Gasteiger partial charge in [0, 0.05) is 31.9 Å². The van der Waals surface area contributed by atoms with Gasteiger partial charge in [-0.25, -0.2) is 18.1 Å². The molecular formula is C20H24N4O3S2. The first-order valence-corrected chi connectivity index (χ1v) is 11.4. The van der Waals surface area contributed by atoms with Crippen LogP contribution in [0.3, 0.4) is 0 Å². The number of nitrogens with zero attached hydrogens (tertiary/aromatic N) is 2. The van der Waals surface area contributed by atoms with E-state index in [2.05, 4.69) is 15.0 Å². The third-order valence-electron chi connectivity index (χ3n) is 4.22. The molecule has 0 saturated carbocycles. The van der Waals surface area contributed by atoms with E-state index in [-0.39, 0.29) is 16.7 Å². The van der Waals surface area contributed by atoms with E-state index in [0.29, 0.717) is 27.5 Å². The SMILES string of the molecule is CC(C)CNS(=O)(=O)c1ccc2nc(NC(=O)c3ccc(N(C)C)cc3)sc2c1. The van der Waals surface area contributed by atoms with Crippen LogP contribution in [0.4, 0.5) is 10.8 Å². The zero-order valence-corrected chi connectivity index (χ0v) is 18.4. The first-order chi connectivity index (χ1) is 13.7. The summed E-state index contributed by atoms with van der Waals surface area (Å²) in [6.45, 7) is 4.26. The van der Waals surface area contributed by atoms with E-state index in [9.17, 15) is 13.2 Å². The summed E-state index contributed by atoms with van der Waals surface area (Å²) in [5, 5.41) is 3.21.